The van der Waals surface area contributed by atoms with Crippen LogP contribution in [-0.2, 0) is 57.8 Å². The van der Waals surface area contributed by atoms with E-state index in [1.54, 1.807) is 26.0 Å². The monoisotopic (exact) mass is 1270 g/mol. The number of carbonyl (C=O) groups is 7. The van der Waals surface area contributed by atoms with Gasteiger partial charge in [-0.15, -0.1) is 0 Å². The Bertz CT molecular complexity index is 3540. The first-order valence-corrected chi connectivity index (χ1v) is 31.8. The third kappa shape index (κ3) is 13.1. The minimum absolute atomic E-state index is 0.0296. The summed E-state index contributed by atoms with van der Waals surface area (Å²) in [7, 11) is -5.20. The maximum Gasteiger partial charge on any atom is 0.472 e. The van der Waals surface area contributed by atoms with Gasteiger partial charge in [0.2, 0.25) is 41.4 Å². The fourth-order valence-electron chi connectivity index (χ4n) is 15.1. The SMILES string of the molecule is C/C1=C2N=C(/C=C3\N/C(=C(/C)C4=N[C@@](C)(C(CC(N)=O)[C@@H]4CCC(N)=O)C4N=C1[C@](C)(CCC(=O)NCC(C)OP(=O)(O)O[C@H]1[C@@H](O)[C@@](O)(n5cnc6cc(C)c(C)cc65)O[C@@H]1CO)[C@H]4CC(N)=O)[C@@](C)(CC(N)=O)[C@@H]3CCC(N)=O)C(C)(C)[C@@H]/2CCC(N)=O. The number of aliphatic hydroxyl groups is 3. The van der Waals surface area contributed by atoms with Crippen LogP contribution in [-0.4, -0.2) is 137 Å². The molecule has 7 amide bonds. The Morgan fingerprint density at radius 2 is 1.41 bits per heavy atom. The lowest BCUT2D eigenvalue weighted by Gasteiger charge is -2.42. The highest BCUT2D eigenvalue weighted by molar-refractivity contribution is 7.47. The van der Waals surface area contributed by atoms with Gasteiger partial charge in [0, 0.05) is 132 Å². The predicted molar refractivity (Wildman–Crippen MR) is 330 cm³/mol. The number of nitrogens with zero attached hydrogens (tertiary/aromatic N) is 5. The van der Waals surface area contributed by atoms with Crippen LogP contribution in [0.1, 0.15) is 137 Å². The van der Waals surface area contributed by atoms with Crippen molar-refractivity contribution in [3.63, 3.8) is 0 Å². The van der Waals surface area contributed by atoms with Crippen LogP contribution in [0.5, 0.6) is 0 Å². The van der Waals surface area contributed by atoms with Gasteiger partial charge in [0.05, 0.1) is 35.3 Å². The molecule has 8 bridgehead atoms. The minimum Gasteiger partial charge on any atom is -0.394 e. The smallest absolute Gasteiger partial charge is 0.394 e. The van der Waals surface area contributed by atoms with Gasteiger partial charge in [-0.1, -0.05) is 27.7 Å². The highest BCUT2D eigenvalue weighted by Gasteiger charge is 2.63. The summed E-state index contributed by atoms with van der Waals surface area (Å²) in [6, 6.07) is 2.45. The zero-order valence-electron chi connectivity index (χ0n) is 52.7. The summed E-state index contributed by atoms with van der Waals surface area (Å²) in [6.07, 6.45) is -4.51. The summed E-state index contributed by atoms with van der Waals surface area (Å²) in [5.74, 6) is -10.7. The number of amides is 7. The molecule has 0 spiro atoms. The number of benzene rings is 1. The van der Waals surface area contributed by atoms with E-state index in [1.807, 2.05) is 54.5 Å². The Kier molecular flexibility index (Phi) is 19.6. The molecule has 0 radical (unpaired) electrons. The van der Waals surface area contributed by atoms with Gasteiger partial charge in [0.25, 0.3) is 5.91 Å². The standard InChI is InChI=1S/C61H88N13O15P/c1-28-19-39-40(20-29(28)2)74(27-69-39)61(84)56(83)52(41(26-75)87-61)89-90(85,86)88-30(3)25-68-49(82)17-18-58(8)37(22-47(66)80)55-60(10)36(21-46(65)79)33(11-14-43(62)76)50(73-60)31(4)54-59(9,24-48(67)81)34(12-15-44(63)77)38(70-54)23-42-57(6,7)35(13-16-45(64)78)51(71-42)32(5)53(58)72-55/h19-20,23,27,30,33-37,41,52,55-56,70,75,83-84H,11-18,21-22,24-26H2,1-10H3,(H2,62,76)(H2,63,77)(H2,64,78)(H2,65,79)(H2,66,80)(H2,67,81)(H,68,82)(H,85,86)/b38-23-,51-32-,54-31-/t30?,33-,34+,35+,36?,37-,41+,52+,55?,56+,58+,59-,60-,61-/m0/s1. The van der Waals surface area contributed by atoms with E-state index in [0.717, 1.165) is 15.7 Å². The van der Waals surface area contributed by atoms with Crippen molar-refractivity contribution in [1.29, 1.82) is 0 Å². The van der Waals surface area contributed by atoms with Gasteiger partial charge in [0.1, 0.15) is 18.5 Å². The number of fused-ring (bicyclic) bond motifs is 7. The molecule has 1 aromatic heterocycles. The zero-order chi connectivity index (χ0) is 66.7. The highest BCUT2D eigenvalue weighted by atomic mass is 31.2. The second-order valence-corrected chi connectivity index (χ2v) is 28.0. The maximum absolute atomic E-state index is 14.3. The number of allylic oxidation sites excluding steroid dienone is 6. The zero-order valence-corrected chi connectivity index (χ0v) is 53.6. The number of aryl methyl sites for hydroxylation is 2. The number of aromatic nitrogens is 2. The van der Waals surface area contributed by atoms with Gasteiger partial charge in [-0.25, -0.2) is 9.55 Å². The quantitative estimate of drug-likeness (QED) is 0.0598. The predicted octanol–water partition coefficient (Wildman–Crippen LogP) is 1.88. The van der Waals surface area contributed by atoms with Crippen LogP contribution in [0.4, 0.5) is 0 Å². The molecule has 6 aliphatic rings. The molecule has 492 valence electrons. The molecule has 2 aromatic rings. The number of aliphatic hydroxyl groups excluding tert-OH is 2. The van der Waals surface area contributed by atoms with Crippen molar-refractivity contribution >= 4 is 77.3 Å². The Balaban J connectivity index is 1.18. The van der Waals surface area contributed by atoms with E-state index in [1.165, 1.54) is 13.3 Å². The number of primary amides is 6. The molecule has 18 N–H and O–H groups in total. The molecule has 2 saturated heterocycles. The van der Waals surface area contributed by atoms with Gasteiger partial charge in [-0.05, 0) is 108 Å². The lowest BCUT2D eigenvalue weighted by molar-refractivity contribution is -0.286. The molecule has 28 nitrogen and oxygen atoms in total. The Morgan fingerprint density at radius 3 is 2.01 bits per heavy atom. The molecule has 15 atom stereocenters. The molecule has 8 rings (SSSR count). The van der Waals surface area contributed by atoms with Crippen LogP contribution in [0.15, 0.2) is 67.8 Å². The fraction of sp³-hybridized carbons (Fsp3) is 0.623. The largest absolute Gasteiger partial charge is 0.472 e. The molecule has 7 heterocycles. The number of imidazole rings is 1. The molecule has 0 saturated carbocycles. The average molecular weight is 1270 g/mol. The maximum atomic E-state index is 14.3. The minimum atomic E-state index is -5.20. The highest BCUT2D eigenvalue weighted by Crippen LogP contribution is 2.59. The molecule has 29 heteroatoms. The van der Waals surface area contributed by atoms with Gasteiger partial charge in [-0.2, -0.15) is 0 Å². The number of phosphoric ester groups is 1. The van der Waals surface area contributed by atoms with Crippen molar-refractivity contribution in [3.8, 4) is 0 Å². The van der Waals surface area contributed by atoms with E-state index in [0.29, 0.717) is 56.4 Å². The molecule has 90 heavy (non-hydrogen) atoms. The van der Waals surface area contributed by atoms with Gasteiger partial charge >= 0.3 is 7.82 Å². The number of hydrogen-bond acceptors (Lipinski definition) is 19. The third-order valence-electron chi connectivity index (χ3n) is 20.0. The van der Waals surface area contributed by atoms with E-state index in [2.05, 4.69) is 15.6 Å². The summed E-state index contributed by atoms with van der Waals surface area (Å²) in [5.41, 5.74) is 37.8. The number of aliphatic imine (C=N–C) groups is 3. The van der Waals surface area contributed by atoms with Crippen molar-refractivity contribution in [3.05, 3.63) is 63.9 Å². The lowest BCUT2D eigenvalue weighted by Crippen LogP contribution is -2.50. The van der Waals surface area contributed by atoms with Gasteiger partial charge in [-0.3, -0.25) is 62.2 Å². The van der Waals surface area contributed by atoms with Crippen LogP contribution in [0.3, 0.4) is 0 Å². The summed E-state index contributed by atoms with van der Waals surface area (Å²) in [4.78, 5) is 125. The van der Waals surface area contributed by atoms with E-state index < -0.39 is 144 Å². The van der Waals surface area contributed by atoms with Crippen LogP contribution < -0.4 is 45.0 Å². The van der Waals surface area contributed by atoms with Crippen LogP contribution in [0, 0.1) is 59.7 Å². The molecule has 1 aromatic carbocycles. The van der Waals surface area contributed by atoms with E-state index in [-0.39, 0.29) is 77.2 Å². The summed E-state index contributed by atoms with van der Waals surface area (Å²) >= 11 is 0. The third-order valence-corrected chi connectivity index (χ3v) is 21.1. The number of carbonyl (C=O) groups excluding carboxylic acids is 7. The van der Waals surface area contributed by atoms with Crippen molar-refractivity contribution in [1.82, 2.24) is 20.2 Å². The molecule has 0 aliphatic carbocycles. The molecule has 4 unspecified atom stereocenters. The molecule has 6 aliphatic heterocycles. The normalized spacial score (nSPS) is 34.2. The fourth-order valence-corrected chi connectivity index (χ4v) is 16.3. The molecular formula is C61H88N13O15P. The Labute approximate surface area is 521 Å². The average Bonchev–Trinajstić information content (AvgIpc) is 1.55. The van der Waals surface area contributed by atoms with E-state index in [4.69, 9.17) is 63.2 Å². The van der Waals surface area contributed by atoms with Gasteiger partial charge in [0.15, 0.2) is 6.10 Å². The second-order valence-electron chi connectivity index (χ2n) is 26.6. The summed E-state index contributed by atoms with van der Waals surface area (Å²) in [5, 5.41) is 39.9. The molecular weight excluding hydrogens is 1190 g/mol. The van der Waals surface area contributed by atoms with Crippen LogP contribution >= 0.6 is 7.82 Å². The first-order chi connectivity index (χ1) is 41.8. The summed E-state index contributed by atoms with van der Waals surface area (Å²) in [6.45, 7) is 16.9. The first-order valence-electron chi connectivity index (χ1n) is 30.3. The van der Waals surface area contributed by atoms with Crippen molar-refractivity contribution in [2.24, 2.45) is 95.2 Å². The molecule has 2 fully saturated rings. The van der Waals surface area contributed by atoms with Crippen molar-refractivity contribution in [2.75, 3.05) is 13.2 Å². The number of nitrogens with one attached hydrogen (secondary N) is 2. The number of hydrogen-bond donors (Lipinski definition) is 12. The van der Waals surface area contributed by atoms with Crippen LogP contribution in [0.2, 0.25) is 0 Å². The summed E-state index contributed by atoms with van der Waals surface area (Å²) < 4.78 is 31.4. The van der Waals surface area contributed by atoms with Crippen molar-refractivity contribution < 1.29 is 72.1 Å². The van der Waals surface area contributed by atoms with E-state index in [9.17, 15) is 58.3 Å². The Morgan fingerprint density at radius 1 is 0.811 bits per heavy atom. The van der Waals surface area contributed by atoms with Gasteiger partial charge < -0.3 is 70.0 Å². The van der Waals surface area contributed by atoms with Crippen LogP contribution in [0.25, 0.3) is 11.0 Å². The first kappa shape index (κ1) is 68.9. The lowest BCUT2D eigenvalue weighted by atomic mass is 9.61. The topological polar surface area (TPSA) is 480 Å². The number of phosphoric acid groups is 1. The number of ether oxygens (including phenoxy) is 1. The number of rotatable bonds is 26. The second kappa shape index (κ2) is 25.6. The Hall–Kier alpha value is -7.04. The number of nitrogens with two attached hydrogens (primary N) is 6. The van der Waals surface area contributed by atoms with Crippen molar-refractivity contribution in [2.45, 2.75) is 182 Å². The van der Waals surface area contributed by atoms with E-state index >= 15 is 0 Å².